The number of aliphatic carboxylic acids is 1. The van der Waals surface area contributed by atoms with E-state index < -0.39 is 17.8 Å². The highest BCUT2D eigenvalue weighted by atomic mass is 19.3. The van der Waals surface area contributed by atoms with Gasteiger partial charge in [0.1, 0.15) is 0 Å². The lowest BCUT2D eigenvalue weighted by molar-refractivity contribution is -0.143. The maximum Gasteiger partial charge on any atom is 0.314 e. The summed E-state index contributed by atoms with van der Waals surface area (Å²) in [7, 11) is 0. The number of carboxylic acids is 1. The molecule has 0 saturated heterocycles. The quantitative estimate of drug-likeness (QED) is 0.877. The summed E-state index contributed by atoms with van der Waals surface area (Å²) in [5.41, 5.74) is -0.541. The van der Waals surface area contributed by atoms with E-state index in [9.17, 15) is 18.7 Å². The van der Waals surface area contributed by atoms with E-state index in [1.165, 1.54) is 18.2 Å². The zero-order valence-electron chi connectivity index (χ0n) is 9.33. The molecule has 92 valence electrons. The highest BCUT2D eigenvalue weighted by molar-refractivity contribution is 5.81. The first kappa shape index (κ1) is 12.0. The van der Waals surface area contributed by atoms with Crippen molar-refractivity contribution in [3.05, 3.63) is 35.4 Å². The molecule has 0 unspecified atom stereocenters. The van der Waals surface area contributed by atoms with Crippen LogP contribution in [0.1, 0.15) is 43.2 Å². The molecule has 2 nitrogen and oxygen atoms in total. The smallest absolute Gasteiger partial charge is 0.314 e. The molecule has 17 heavy (non-hydrogen) atoms. The van der Waals surface area contributed by atoms with Crippen molar-refractivity contribution < 1.29 is 18.7 Å². The summed E-state index contributed by atoms with van der Waals surface area (Å²) >= 11 is 0. The fourth-order valence-electron chi connectivity index (χ4n) is 2.58. The Morgan fingerprint density at radius 3 is 2.47 bits per heavy atom. The van der Waals surface area contributed by atoms with Gasteiger partial charge in [0, 0.05) is 5.56 Å². The van der Waals surface area contributed by atoms with Crippen LogP contribution in [0, 0.1) is 0 Å². The molecule has 0 aliphatic heterocycles. The highest BCUT2D eigenvalue weighted by Gasteiger charge is 2.43. The zero-order chi connectivity index (χ0) is 12.5. The monoisotopic (exact) mass is 240 g/mol. The Morgan fingerprint density at radius 2 is 1.94 bits per heavy atom. The van der Waals surface area contributed by atoms with Crippen molar-refractivity contribution in [2.45, 2.75) is 37.5 Å². The maximum absolute atomic E-state index is 12.6. The molecule has 1 N–H and O–H groups in total. The van der Waals surface area contributed by atoms with Crippen LogP contribution in [0.2, 0.25) is 0 Å². The van der Waals surface area contributed by atoms with Gasteiger partial charge in [-0.1, -0.05) is 31.0 Å². The Kier molecular flexibility index (Phi) is 3.13. The molecule has 4 heteroatoms. The Morgan fingerprint density at radius 1 is 1.29 bits per heavy atom. The average Bonchev–Trinajstić information content (AvgIpc) is 2.79. The average molecular weight is 240 g/mol. The minimum atomic E-state index is -2.55. The molecule has 1 fully saturated rings. The third-order valence-corrected chi connectivity index (χ3v) is 3.56. The molecule has 1 aliphatic carbocycles. The predicted molar refractivity (Wildman–Crippen MR) is 59.2 cm³/mol. The molecule has 0 bridgehead atoms. The topological polar surface area (TPSA) is 37.3 Å². The molecule has 0 spiro atoms. The van der Waals surface area contributed by atoms with Gasteiger partial charge in [-0.25, -0.2) is 8.78 Å². The fraction of sp³-hybridized carbons (Fsp3) is 0.462. The number of hydrogen-bond donors (Lipinski definition) is 1. The van der Waals surface area contributed by atoms with E-state index in [-0.39, 0.29) is 5.56 Å². The van der Waals surface area contributed by atoms with Crippen molar-refractivity contribution in [3.8, 4) is 0 Å². The fourth-order valence-corrected chi connectivity index (χ4v) is 2.58. The number of carboxylic acid groups (broad SMARTS) is 1. The van der Waals surface area contributed by atoms with Crippen LogP contribution < -0.4 is 0 Å². The van der Waals surface area contributed by atoms with Crippen LogP contribution in [0.5, 0.6) is 0 Å². The van der Waals surface area contributed by atoms with Crippen LogP contribution in [0.4, 0.5) is 8.78 Å². The molecule has 1 saturated carbocycles. The second-order valence-corrected chi connectivity index (χ2v) is 4.52. The summed E-state index contributed by atoms with van der Waals surface area (Å²) in [5.74, 6) is -0.901. The first-order chi connectivity index (χ1) is 8.06. The molecule has 0 heterocycles. The van der Waals surface area contributed by atoms with Crippen molar-refractivity contribution in [3.63, 3.8) is 0 Å². The SMILES string of the molecule is O=C(O)C1(c2cccc(C(F)F)c2)CCCC1. The van der Waals surface area contributed by atoms with Crippen LogP contribution in [-0.4, -0.2) is 11.1 Å². The molecule has 1 aromatic rings. The van der Waals surface area contributed by atoms with Gasteiger partial charge >= 0.3 is 5.97 Å². The Bertz CT molecular complexity index is 423. The van der Waals surface area contributed by atoms with E-state index in [1.807, 2.05) is 0 Å². The first-order valence-corrected chi connectivity index (χ1v) is 5.68. The van der Waals surface area contributed by atoms with Gasteiger partial charge in [-0.15, -0.1) is 0 Å². The summed E-state index contributed by atoms with van der Waals surface area (Å²) < 4.78 is 25.2. The lowest BCUT2D eigenvalue weighted by Crippen LogP contribution is -2.32. The molecular formula is C13H14F2O2. The molecule has 0 radical (unpaired) electrons. The third-order valence-electron chi connectivity index (χ3n) is 3.56. The van der Waals surface area contributed by atoms with Crippen molar-refractivity contribution >= 4 is 5.97 Å². The third kappa shape index (κ3) is 2.04. The van der Waals surface area contributed by atoms with Crippen LogP contribution >= 0.6 is 0 Å². The number of benzene rings is 1. The Hall–Kier alpha value is -1.45. The number of carbonyl (C=O) groups is 1. The Labute approximate surface area is 98.3 Å². The number of rotatable bonds is 3. The van der Waals surface area contributed by atoms with Crippen LogP contribution in [0.25, 0.3) is 0 Å². The van der Waals surface area contributed by atoms with E-state index in [2.05, 4.69) is 0 Å². The largest absolute Gasteiger partial charge is 0.481 e. The van der Waals surface area contributed by atoms with Crippen molar-refractivity contribution in [1.29, 1.82) is 0 Å². The van der Waals surface area contributed by atoms with Crippen molar-refractivity contribution in [2.75, 3.05) is 0 Å². The lowest BCUT2D eigenvalue weighted by atomic mass is 9.78. The van der Waals surface area contributed by atoms with Crippen LogP contribution in [0.15, 0.2) is 24.3 Å². The summed E-state index contributed by atoms with van der Waals surface area (Å²) in [6, 6.07) is 5.83. The van der Waals surface area contributed by atoms with E-state index in [4.69, 9.17) is 0 Å². The number of hydrogen-bond acceptors (Lipinski definition) is 1. The van der Waals surface area contributed by atoms with E-state index in [0.717, 1.165) is 12.8 Å². The van der Waals surface area contributed by atoms with Gasteiger partial charge < -0.3 is 5.11 Å². The van der Waals surface area contributed by atoms with Crippen molar-refractivity contribution in [1.82, 2.24) is 0 Å². The minimum absolute atomic E-state index is 0.102. The Balaban J connectivity index is 2.43. The minimum Gasteiger partial charge on any atom is -0.481 e. The van der Waals surface area contributed by atoms with E-state index in [1.54, 1.807) is 6.07 Å². The van der Waals surface area contributed by atoms with Crippen molar-refractivity contribution in [2.24, 2.45) is 0 Å². The summed E-state index contributed by atoms with van der Waals surface area (Å²) in [4.78, 5) is 11.4. The van der Waals surface area contributed by atoms with Crippen LogP contribution in [0.3, 0.4) is 0 Å². The normalized spacial score (nSPS) is 18.5. The molecule has 1 aliphatic rings. The van der Waals surface area contributed by atoms with Gasteiger partial charge in [-0.2, -0.15) is 0 Å². The van der Waals surface area contributed by atoms with Gasteiger partial charge in [0.25, 0.3) is 6.43 Å². The number of alkyl halides is 2. The summed E-state index contributed by atoms with van der Waals surface area (Å²) in [5, 5.41) is 9.36. The summed E-state index contributed by atoms with van der Waals surface area (Å²) in [6.45, 7) is 0. The second kappa shape index (κ2) is 4.43. The standard InChI is InChI=1S/C13H14F2O2/c14-11(15)9-4-3-5-10(8-9)13(12(16)17)6-1-2-7-13/h3-5,8,11H,1-2,6-7H2,(H,16,17). The van der Waals surface area contributed by atoms with Gasteiger partial charge in [0.05, 0.1) is 5.41 Å². The van der Waals surface area contributed by atoms with Gasteiger partial charge in [0.15, 0.2) is 0 Å². The second-order valence-electron chi connectivity index (χ2n) is 4.52. The predicted octanol–water partition coefficient (Wildman–Crippen LogP) is 3.52. The molecular weight excluding hydrogens is 226 g/mol. The summed E-state index contributed by atoms with van der Waals surface area (Å²) in [6.07, 6.45) is 0.197. The lowest BCUT2D eigenvalue weighted by Gasteiger charge is -2.24. The molecule has 2 rings (SSSR count). The van der Waals surface area contributed by atoms with E-state index in [0.29, 0.717) is 18.4 Å². The molecule has 0 aromatic heterocycles. The van der Waals surface area contributed by atoms with Gasteiger partial charge in [-0.05, 0) is 24.5 Å². The zero-order valence-corrected chi connectivity index (χ0v) is 9.33. The van der Waals surface area contributed by atoms with Crippen LogP contribution in [-0.2, 0) is 10.2 Å². The molecule has 0 amide bonds. The van der Waals surface area contributed by atoms with E-state index >= 15 is 0 Å². The highest BCUT2D eigenvalue weighted by Crippen LogP contribution is 2.42. The van der Waals surface area contributed by atoms with Gasteiger partial charge in [0.2, 0.25) is 0 Å². The maximum atomic E-state index is 12.6. The molecule has 1 aromatic carbocycles. The first-order valence-electron chi connectivity index (χ1n) is 5.68. The van der Waals surface area contributed by atoms with Gasteiger partial charge in [-0.3, -0.25) is 4.79 Å². The molecule has 0 atom stereocenters. The number of halogens is 2.